The van der Waals surface area contributed by atoms with Gasteiger partial charge in [0.25, 0.3) is 0 Å². The molecule has 14 heavy (non-hydrogen) atoms. The Morgan fingerprint density at radius 3 is 2.79 bits per heavy atom. The van der Waals surface area contributed by atoms with E-state index >= 15 is 0 Å². The SMILES string of the molecule is CCNc1ccccc1OCSCC. The molecular weight excluding hydrogens is 194 g/mol. The van der Waals surface area contributed by atoms with Gasteiger partial charge < -0.3 is 10.1 Å². The van der Waals surface area contributed by atoms with Crippen LogP contribution in [-0.4, -0.2) is 18.2 Å². The van der Waals surface area contributed by atoms with Crippen molar-refractivity contribution < 1.29 is 4.74 Å². The Hall–Kier alpha value is -0.830. The Morgan fingerprint density at radius 2 is 2.07 bits per heavy atom. The van der Waals surface area contributed by atoms with Crippen LogP contribution in [0.2, 0.25) is 0 Å². The normalized spacial score (nSPS) is 9.86. The first-order chi connectivity index (χ1) is 6.88. The van der Waals surface area contributed by atoms with E-state index in [4.69, 9.17) is 4.74 Å². The zero-order chi connectivity index (χ0) is 10.2. The van der Waals surface area contributed by atoms with E-state index in [-0.39, 0.29) is 0 Å². The molecule has 0 radical (unpaired) electrons. The smallest absolute Gasteiger partial charge is 0.143 e. The lowest BCUT2D eigenvalue weighted by Crippen LogP contribution is -2.01. The lowest BCUT2D eigenvalue weighted by atomic mass is 10.3. The molecule has 0 bridgehead atoms. The second-order valence-corrected chi connectivity index (χ2v) is 4.00. The van der Waals surface area contributed by atoms with E-state index < -0.39 is 0 Å². The molecule has 1 N–H and O–H groups in total. The van der Waals surface area contributed by atoms with Gasteiger partial charge in [-0.05, 0) is 24.8 Å². The van der Waals surface area contributed by atoms with E-state index in [2.05, 4.69) is 19.2 Å². The van der Waals surface area contributed by atoms with Crippen LogP contribution in [-0.2, 0) is 0 Å². The molecule has 0 amide bonds. The first-order valence-electron chi connectivity index (χ1n) is 4.92. The highest BCUT2D eigenvalue weighted by atomic mass is 32.2. The van der Waals surface area contributed by atoms with Crippen molar-refractivity contribution in [3.05, 3.63) is 24.3 Å². The number of rotatable bonds is 6. The summed E-state index contributed by atoms with van der Waals surface area (Å²) < 4.78 is 5.63. The fraction of sp³-hybridized carbons (Fsp3) is 0.455. The van der Waals surface area contributed by atoms with Gasteiger partial charge in [0.15, 0.2) is 0 Å². The van der Waals surface area contributed by atoms with Crippen LogP contribution in [0.25, 0.3) is 0 Å². The van der Waals surface area contributed by atoms with Crippen LogP contribution in [0.5, 0.6) is 5.75 Å². The summed E-state index contributed by atoms with van der Waals surface area (Å²) in [4.78, 5) is 0. The van der Waals surface area contributed by atoms with Crippen LogP contribution >= 0.6 is 11.8 Å². The summed E-state index contributed by atoms with van der Waals surface area (Å²) in [5.74, 6) is 2.75. The largest absolute Gasteiger partial charge is 0.481 e. The fourth-order valence-corrected chi connectivity index (χ4v) is 1.49. The van der Waals surface area contributed by atoms with Crippen molar-refractivity contribution in [2.24, 2.45) is 0 Å². The van der Waals surface area contributed by atoms with E-state index in [9.17, 15) is 0 Å². The van der Waals surface area contributed by atoms with E-state index in [0.29, 0.717) is 0 Å². The number of anilines is 1. The molecule has 0 atom stereocenters. The predicted molar refractivity (Wildman–Crippen MR) is 64.2 cm³/mol. The van der Waals surface area contributed by atoms with Crippen LogP contribution < -0.4 is 10.1 Å². The molecule has 0 heterocycles. The van der Waals surface area contributed by atoms with Crippen LogP contribution in [0.4, 0.5) is 5.69 Å². The van der Waals surface area contributed by atoms with Crippen LogP contribution in [0, 0.1) is 0 Å². The van der Waals surface area contributed by atoms with Crippen LogP contribution in [0.15, 0.2) is 24.3 Å². The maximum atomic E-state index is 5.63. The van der Waals surface area contributed by atoms with E-state index in [1.54, 1.807) is 11.8 Å². The topological polar surface area (TPSA) is 21.3 Å². The van der Waals surface area contributed by atoms with Crippen LogP contribution in [0.3, 0.4) is 0 Å². The molecule has 78 valence electrons. The molecule has 0 aliphatic carbocycles. The average molecular weight is 211 g/mol. The summed E-state index contributed by atoms with van der Waals surface area (Å²) >= 11 is 1.78. The van der Waals surface area contributed by atoms with Crippen molar-refractivity contribution in [2.75, 3.05) is 23.6 Å². The Morgan fingerprint density at radius 1 is 1.29 bits per heavy atom. The molecule has 0 saturated heterocycles. The molecule has 0 spiro atoms. The van der Waals surface area contributed by atoms with Crippen molar-refractivity contribution in [1.82, 2.24) is 0 Å². The highest BCUT2D eigenvalue weighted by Gasteiger charge is 2.00. The van der Waals surface area contributed by atoms with Crippen molar-refractivity contribution in [2.45, 2.75) is 13.8 Å². The van der Waals surface area contributed by atoms with Gasteiger partial charge in [-0.2, -0.15) is 0 Å². The summed E-state index contributed by atoms with van der Waals surface area (Å²) in [5.41, 5.74) is 1.08. The number of benzene rings is 1. The zero-order valence-electron chi connectivity index (χ0n) is 8.75. The van der Waals surface area contributed by atoms with Gasteiger partial charge in [-0.25, -0.2) is 0 Å². The second kappa shape index (κ2) is 6.60. The first kappa shape index (κ1) is 11.2. The minimum atomic E-state index is 0.721. The Labute approximate surface area is 90.0 Å². The fourth-order valence-electron chi connectivity index (χ4n) is 1.12. The number of para-hydroxylation sites is 2. The maximum Gasteiger partial charge on any atom is 0.143 e. The highest BCUT2D eigenvalue weighted by molar-refractivity contribution is 7.99. The second-order valence-electron chi connectivity index (χ2n) is 2.78. The summed E-state index contributed by atoms with van der Waals surface area (Å²) in [7, 11) is 0. The maximum absolute atomic E-state index is 5.63. The third kappa shape index (κ3) is 3.50. The molecule has 1 aromatic carbocycles. The predicted octanol–water partition coefficient (Wildman–Crippen LogP) is 3.21. The number of hydrogen-bond donors (Lipinski definition) is 1. The molecular formula is C11H17NOS. The molecule has 0 unspecified atom stereocenters. The number of hydrogen-bond acceptors (Lipinski definition) is 3. The summed E-state index contributed by atoms with van der Waals surface area (Å²) in [6.45, 7) is 5.13. The van der Waals surface area contributed by atoms with E-state index in [1.807, 2.05) is 24.3 Å². The lowest BCUT2D eigenvalue weighted by Gasteiger charge is -2.11. The van der Waals surface area contributed by atoms with E-state index in [1.165, 1.54) is 0 Å². The number of ether oxygens (including phenoxy) is 1. The molecule has 3 heteroatoms. The van der Waals surface area contributed by atoms with Crippen molar-refractivity contribution in [3.8, 4) is 5.75 Å². The molecule has 0 aliphatic rings. The summed E-state index contributed by atoms with van der Waals surface area (Å²) in [5, 5.41) is 3.27. The summed E-state index contributed by atoms with van der Waals surface area (Å²) in [6.07, 6.45) is 0. The third-order valence-electron chi connectivity index (χ3n) is 1.76. The molecule has 1 rings (SSSR count). The van der Waals surface area contributed by atoms with Crippen molar-refractivity contribution in [1.29, 1.82) is 0 Å². The van der Waals surface area contributed by atoms with Gasteiger partial charge in [0.05, 0.1) is 5.69 Å². The molecule has 0 saturated carbocycles. The molecule has 0 aliphatic heterocycles. The Bertz CT molecular complexity index is 265. The minimum Gasteiger partial charge on any atom is -0.481 e. The van der Waals surface area contributed by atoms with Crippen molar-refractivity contribution in [3.63, 3.8) is 0 Å². The quantitative estimate of drug-likeness (QED) is 0.576. The monoisotopic (exact) mass is 211 g/mol. The molecule has 0 aromatic heterocycles. The van der Waals surface area contributed by atoms with Gasteiger partial charge >= 0.3 is 0 Å². The van der Waals surface area contributed by atoms with Crippen LogP contribution in [0.1, 0.15) is 13.8 Å². The number of thioether (sulfide) groups is 1. The van der Waals surface area contributed by atoms with Gasteiger partial charge in [-0.1, -0.05) is 19.1 Å². The van der Waals surface area contributed by atoms with Gasteiger partial charge in [0.2, 0.25) is 0 Å². The first-order valence-corrected chi connectivity index (χ1v) is 6.07. The summed E-state index contributed by atoms with van der Waals surface area (Å²) in [6, 6.07) is 8.04. The average Bonchev–Trinajstić information content (AvgIpc) is 2.21. The number of nitrogens with one attached hydrogen (secondary N) is 1. The lowest BCUT2D eigenvalue weighted by molar-refractivity contribution is 0.395. The van der Waals surface area contributed by atoms with Gasteiger partial charge in [-0.15, -0.1) is 11.8 Å². The van der Waals surface area contributed by atoms with E-state index in [0.717, 1.165) is 29.7 Å². The Balaban J connectivity index is 2.55. The Kier molecular flexibility index (Phi) is 5.30. The molecule has 2 nitrogen and oxygen atoms in total. The standard InChI is InChI=1S/C11H17NOS/c1-3-12-10-7-5-6-8-11(10)13-9-14-4-2/h5-8,12H,3-4,9H2,1-2H3. The van der Waals surface area contributed by atoms with Gasteiger partial charge in [0.1, 0.15) is 11.7 Å². The molecule has 1 aromatic rings. The third-order valence-corrected chi connectivity index (χ3v) is 2.45. The minimum absolute atomic E-state index is 0.721. The van der Waals surface area contributed by atoms with Gasteiger partial charge in [-0.3, -0.25) is 0 Å². The van der Waals surface area contributed by atoms with Crippen molar-refractivity contribution >= 4 is 17.4 Å². The van der Waals surface area contributed by atoms with Gasteiger partial charge in [0, 0.05) is 6.54 Å². The highest BCUT2D eigenvalue weighted by Crippen LogP contribution is 2.24. The zero-order valence-corrected chi connectivity index (χ0v) is 9.56. The molecule has 0 fully saturated rings.